The maximum atomic E-state index is 11.8. The fourth-order valence-corrected chi connectivity index (χ4v) is 2.38. The minimum Gasteiger partial charge on any atom is -0.349 e. The highest BCUT2D eigenvalue weighted by molar-refractivity contribution is 5.90. The summed E-state index contributed by atoms with van der Waals surface area (Å²) in [6.45, 7) is 3.82. The molecule has 1 aromatic rings. The molecule has 2 N–H and O–H groups in total. The number of carbonyl (C=O) groups excluding carboxylic acids is 2. The summed E-state index contributed by atoms with van der Waals surface area (Å²) in [5, 5.41) is 10.1. The fourth-order valence-electron chi connectivity index (χ4n) is 2.38. The van der Waals surface area contributed by atoms with Gasteiger partial charge < -0.3 is 10.2 Å². The first-order valence-electron chi connectivity index (χ1n) is 6.81. The molecule has 0 saturated carbocycles. The van der Waals surface area contributed by atoms with Crippen LogP contribution in [-0.2, 0) is 29.0 Å². The molecule has 0 atom stereocenters. The van der Waals surface area contributed by atoms with Crippen LogP contribution in [0.1, 0.15) is 29.8 Å². The summed E-state index contributed by atoms with van der Waals surface area (Å²) in [6, 6.07) is 0. The third kappa shape index (κ3) is 3.26. The second-order valence-electron chi connectivity index (χ2n) is 5.01. The van der Waals surface area contributed by atoms with Gasteiger partial charge in [0.25, 0.3) is 0 Å². The third-order valence-corrected chi connectivity index (χ3v) is 3.53. The van der Waals surface area contributed by atoms with E-state index in [9.17, 15) is 9.59 Å². The van der Waals surface area contributed by atoms with Crippen molar-refractivity contribution in [3.63, 3.8) is 0 Å². The Morgan fingerprint density at radius 2 is 2.20 bits per heavy atom. The van der Waals surface area contributed by atoms with Crippen LogP contribution in [0.3, 0.4) is 0 Å². The van der Waals surface area contributed by atoms with Crippen LogP contribution >= 0.6 is 0 Å². The van der Waals surface area contributed by atoms with Gasteiger partial charge in [-0.05, 0) is 37.3 Å². The third-order valence-electron chi connectivity index (χ3n) is 3.53. The number of aromatic amines is 1. The van der Waals surface area contributed by atoms with Crippen LogP contribution in [0.15, 0.2) is 12.7 Å². The van der Waals surface area contributed by atoms with Crippen molar-refractivity contribution in [1.82, 2.24) is 20.4 Å². The quantitative estimate of drug-likeness (QED) is 0.771. The number of amides is 2. The Balaban J connectivity index is 1.86. The maximum absolute atomic E-state index is 11.8. The van der Waals surface area contributed by atoms with Gasteiger partial charge in [0.15, 0.2) is 0 Å². The van der Waals surface area contributed by atoms with E-state index in [1.54, 1.807) is 7.05 Å². The molecule has 0 spiro atoms. The minimum atomic E-state index is -0.266. The van der Waals surface area contributed by atoms with Crippen molar-refractivity contribution in [2.24, 2.45) is 0 Å². The standard InChI is InChI=1S/C14H20N4O2/c1-3-14(20)18(2)9-13(19)15-8-12-10-6-4-5-7-11(10)16-17-12/h3H,1,4-9H2,2H3,(H,15,19)(H,16,17). The number of hydrogen-bond donors (Lipinski definition) is 2. The van der Waals surface area contributed by atoms with Gasteiger partial charge in [-0.1, -0.05) is 6.58 Å². The number of fused-ring (bicyclic) bond motifs is 1. The van der Waals surface area contributed by atoms with E-state index in [2.05, 4.69) is 22.1 Å². The van der Waals surface area contributed by atoms with E-state index >= 15 is 0 Å². The molecule has 2 amide bonds. The monoisotopic (exact) mass is 276 g/mol. The SMILES string of the molecule is C=CC(=O)N(C)CC(=O)NCc1n[nH]c2c1CCCC2. The molecule has 2 rings (SSSR count). The Kier molecular flexibility index (Phi) is 4.55. The zero-order valence-corrected chi connectivity index (χ0v) is 11.7. The van der Waals surface area contributed by atoms with Crippen molar-refractivity contribution < 1.29 is 9.59 Å². The number of rotatable bonds is 5. The second-order valence-corrected chi connectivity index (χ2v) is 5.01. The Bertz CT molecular complexity index is 521. The lowest BCUT2D eigenvalue weighted by Gasteiger charge is -2.15. The number of aromatic nitrogens is 2. The van der Waals surface area contributed by atoms with Crippen LogP contribution in [-0.4, -0.2) is 40.5 Å². The molecule has 1 aliphatic rings. The van der Waals surface area contributed by atoms with Crippen molar-refractivity contribution in [3.8, 4) is 0 Å². The average Bonchev–Trinajstić information content (AvgIpc) is 2.87. The van der Waals surface area contributed by atoms with Crippen molar-refractivity contribution in [2.75, 3.05) is 13.6 Å². The molecule has 1 heterocycles. The molecule has 0 aliphatic heterocycles. The zero-order valence-electron chi connectivity index (χ0n) is 11.7. The van der Waals surface area contributed by atoms with Crippen molar-refractivity contribution in [1.29, 1.82) is 0 Å². The molecular weight excluding hydrogens is 256 g/mol. The van der Waals surface area contributed by atoms with E-state index in [0.29, 0.717) is 6.54 Å². The predicted molar refractivity (Wildman–Crippen MR) is 74.9 cm³/mol. The van der Waals surface area contributed by atoms with Crippen LogP contribution in [0, 0.1) is 0 Å². The normalized spacial score (nSPS) is 13.4. The summed E-state index contributed by atoms with van der Waals surface area (Å²) in [5.74, 6) is -0.465. The highest BCUT2D eigenvalue weighted by Crippen LogP contribution is 2.21. The molecule has 6 nitrogen and oxygen atoms in total. The topological polar surface area (TPSA) is 78.1 Å². The molecule has 0 radical (unpaired) electrons. The number of aryl methyl sites for hydroxylation is 1. The molecular formula is C14H20N4O2. The van der Waals surface area contributed by atoms with Gasteiger partial charge in [-0.25, -0.2) is 0 Å². The van der Waals surface area contributed by atoms with Crippen LogP contribution in [0.2, 0.25) is 0 Å². The van der Waals surface area contributed by atoms with Crippen LogP contribution < -0.4 is 5.32 Å². The second kappa shape index (κ2) is 6.36. The van der Waals surface area contributed by atoms with Gasteiger partial charge in [-0.3, -0.25) is 14.7 Å². The first-order chi connectivity index (χ1) is 9.61. The number of nitrogens with one attached hydrogen (secondary N) is 2. The fraction of sp³-hybridized carbons (Fsp3) is 0.500. The molecule has 0 bridgehead atoms. The number of likely N-dealkylation sites (N-methyl/N-ethyl adjacent to an activating group) is 1. The summed E-state index contributed by atoms with van der Waals surface area (Å²) in [7, 11) is 1.57. The maximum Gasteiger partial charge on any atom is 0.246 e. The number of nitrogens with zero attached hydrogens (tertiary/aromatic N) is 2. The molecule has 0 fully saturated rings. The molecule has 20 heavy (non-hydrogen) atoms. The Hall–Kier alpha value is -2.11. The van der Waals surface area contributed by atoms with Gasteiger partial charge >= 0.3 is 0 Å². The van der Waals surface area contributed by atoms with Crippen molar-refractivity contribution >= 4 is 11.8 Å². The largest absolute Gasteiger partial charge is 0.349 e. The van der Waals surface area contributed by atoms with E-state index in [1.807, 2.05) is 0 Å². The van der Waals surface area contributed by atoms with Gasteiger partial charge in [0.05, 0.1) is 18.8 Å². The molecule has 1 aromatic heterocycles. The van der Waals surface area contributed by atoms with Crippen molar-refractivity contribution in [2.45, 2.75) is 32.2 Å². The van der Waals surface area contributed by atoms with E-state index in [0.717, 1.165) is 18.5 Å². The first-order valence-corrected chi connectivity index (χ1v) is 6.81. The van der Waals surface area contributed by atoms with Crippen LogP contribution in [0.4, 0.5) is 0 Å². The predicted octanol–water partition coefficient (Wildman–Crippen LogP) is 0.549. The molecule has 1 aliphatic carbocycles. The summed E-state index contributed by atoms with van der Waals surface area (Å²) < 4.78 is 0. The lowest BCUT2D eigenvalue weighted by molar-refractivity contribution is -0.131. The van der Waals surface area contributed by atoms with Gasteiger partial charge in [-0.2, -0.15) is 5.10 Å². The Morgan fingerprint density at radius 3 is 2.95 bits per heavy atom. The van der Waals surface area contributed by atoms with Crippen LogP contribution in [0.25, 0.3) is 0 Å². The van der Waals surface area contributed by atoms with E-state index in [1.165, 1.54) is 35.1 Å². The van der Waals surface area contributed by atoms with Gasteiger partial charge in [0.1, 0.15) is 0 Å². The number of carbonyl (C=O) groups is 2. The summed E-state index contributed by atoms with van der Waals surface area (Å²) in [6.07, 6.45) is 5.61. The van der Waals surface area contributed by atoms with Gasteiger partial charge in [-0.15, -0.1) is 0 Å². The molecule has 0 aromatic carbocycles. The molecule has 0 unspecified atom stereocenters. The summed E-state index contributed by atoms with van der Waals surface area (Å²) in [4.78, 5) is 24.4. The van der Waals surface area contributed by atoms with E-state index in [4.69, 9.17) is 0 Å². The summed E-state index contributed by atoms with van der Waals surface area (Å²) >= 11 is 0. The average molecular weight is 276 g/mol. The van der Waals surface area contributed by atoms with Crippen molar-refractivity contribution in [3.05, 3.63) is 29.6 Å². The number of hydrogen-bond acceptors (Lipinski definition) is 3. The highest BCUT2D eigenvalue weighted by atomic mass is 16.2. The first kappa shape index (κ1) is 14.3. The molecule has 108 valence electrons. The van der Waals surface area contributed by atoms with E-state index < -0.39 is 0 Å². The molecule has 0 saturated heterocycles. The number of H-pyrrole nitrogens is 1. The highest BCUT2D eigenvalue weighted by Gasteiger charge is 2.17. The lowest BCUT2D eigenvalue weighted by atomic mass is 9.96. The summed E-state index contributed by atoms with van der Waals surface area (Å²) in [5.41, 5.74) is 3.34. The minimum absolute atomic E-state index is 0.0253. The van der Waals surface area contributed by atoms with Gasteiger partial charge in [0.2, 0.25) is 11.8 Å². The smallest absolute Gasteiger partial charge is 0.246 e. The molecule has 6 heteroatoms. The zero-order chi connectivity index (χ0) is 14.5. The Morgan fingerprint density at radius 1 is 1.45 bits per heavy atom. The van der Waals surface area contributed by atoms with Crippen LogP contribution in [0.5, 0.6) is 0 Å². The lowest BCUT2D eigenvalue weighted by Crippen LogP contribution is -2.37. The van der Waals surface area contributed by atoms with Gasteiger partial charge in [0, 0.05) is 12.7 Å². The van der Waals surface area contributed by atoms with E-state index in [-0.39, 0.29) is 18.4 Å². The Labute approximate surface area is 118 Å².